The predicted octanol–water partition coefficient (Wildman–Crippen LogP) is 1.64. The molecule has 0 radical (unpaired) electrons. The van der Waals surface area contributed by atoms with Crippen molar-refractivity contribution < 1.29 is 22.4 Å². The Kier molecular flexibility index (Phi) is 3.76. The molecule has 4 rings (SSSR count). The molecule has 3 fully saturated rings. The summed E-state index contributed by atoms with van der Waals surface area (Å²) in [7, 11) is -3.18. The summed E-state index contributed by atoms with van der Waals surface area (Å²) in [6.07, 6.45) is 4.57. The Labute approximate surface area is 142 Å². The lowest BCUT2D eigenvalue weighted by atomic mass is 9.83. The highest BCUT2D eigenvalue weighted by molar-refractivity contribution is 7.93. The Bertz CT molecular complexity index is 743. The Morgan fingerprint density at radius 2 is 2.08 bits per heavy atom. The van der Waals surface area contributed by atoms with Crippen molar-refractivity contribution in [2.75, 3.05) is 32.1 Å². The van der Waals surface area contributed by atoms with Gasteiger partial charge >= 0.3 is 0 Å². The SMILES string of the molecule is Cc1occc1C(=O)N1CC2(C1)[C@@H](COCC1CC1)CCS2(=O)=O. The molecule has 2 aliphatic heterocycles. The van der Waals surface area contributed by atoms with Crippen LogP contribution in [0.1, 0.15) is 35.4 Å². The quantitative estimate of drug-likeness (QED) is 0.804. The second-order valence-electron chi connectivity index (χ2n) is 7.40. The molecule has 1 amide bonds. The van der Waals surface area contributed by atoms with E-state index in [0.717, 1.165) is 6.61 Å². The van der Waals surface area contributed by atoms with E-state index in [9.17, 15) is 13.2 Å². The van der Waals surface area contributed by atoms with Gasteiger partial charge in [0.1, 0.15) is 10.5 Å². The van der Waals surface area contributed by atoms with Gasteiger partial charge in [-0.25, -0.2) is 8.42 Å². The fourth-order valence-electron chi connectivity index (χ4n) is 3.89. The lowest BCUT2D eigenvalue weighted by molar-refractivity contribution is 0.0227. The number of sulfone groups is 1. The van der Waals surface area contributed by atoms with E-state index in [4.69, 9.17) is 9.15 Å². The summed E-state index contributed by atoms with van der Waals surface area (Å²) in [4.78, 5) is 14.1. The van der Waals surface area contributed by atoms with E-state index in [1.807, 2.05) is 0 Å². The molecule has 0 N–H and O–H groups in total. The smallest absolute Gasteiger partial charge is 0.257 e. The van der Waals surface area contributed by atoms with Gasteiger partial charge in [0, 0.05) is 25.6 Å². The number of furan rings is 1. The van der Waals surface area contributed by atoms with Crippen LogP contribution in [-0.4, -0.2) is 56.0 Å². The number of carbonyl (C=O) groups excluding carboxylic acids is 1. The first kappa shape index (κ1) is 16.1. The van der Waals surface area contributed by atoms with E-state index in [1.54, 1.807) is 17.9 Å². The maximum Gasteiger partial charge on any atom is 0.257 e. The first-order valence-corrected chi connectivity index (χ1v) is 10.2. The molecule has 6 nitrogen and oxygen atoms in total. The molecule has 1 aliphatic carbocycles. The van der Waals surface area contributed by atoms with Gasteiger partial charge in [0.25, 0.3) is 5.91 Å². The zero-order valence-electron chi connectivity index (χ0n) is 13.9. The van der Waals surface area contributed by atoms with Crippen molar-refractivity contribution in [2.24, 2.45) is 11.8 Å². The summed E-state index contributed by atoms with van der Waals surface area (Å²) in [6, 6.07) is 1.64. The third-order valence-corrected chi connectivity index (χ3v) is 8.36. The molecular weight excluding hydrogens is 330 g/mol. The number of hydrogen-bond acceptors (Lipinski definition) is 5. The molecule has 1 aromatic rings. The third-order valence-electron chi connectivity index (χ3n) is 5.76. The molecule has 7 heteroatoms. The van der Waals surface area contributed by atoms with Gasteiger partial charge < -0.3 is 14.1 Å². The highest BCUT2D eigenvalue weighted by atomic mass is 32.2. The first-order chi connectivity index (χ1) is 11.4. The third kappa shape index (κ3) is 2.49. The summed E-state index contributed by atoms with van der Waals surface area (Å²) in [5.41, 5.74) is 0.516. The second-order valence-corrected chi connectivity index (χ2v) is 9.85. The van der Waals surface area contributed by atoms with Gasteiger partial charge in [-0.15, -0.1) is 0 Å². The van der Waals surface area contributed by atoms with Crippen LogP contribution >= 0.6 is 0 Å². The van der Waals surface area contributed by atoms with Crippen LogP contribution in [0.25, 0.3) is 0 Å². The molecule has 24 heavy (non-hydrogen) atoms. The Morgan fingerprint density at radius 1 is 1.33 bits per heavy atom. The van der Waals surface area contributed by atoms with Crippen molar-refractivity contribution >= 4 is 15.7 Å². The van der Waals surface area contributed by atoms with Gasteiger partial charge in [-0.3, -0.25) is 4.79 Å². The number of rotatable bonds is 5. The van der Waals surface area contributed by atoms with Gasteiger partial charge in [-0.2, -0.15) is 0 Å². The summed E-state index contributed by atoms with van der Waals surface area (Å²) < 4.78 is 35.3. The number of aryl methyl sites for hydroxylation is 1. The van der Waals surface area contributed by atoms with Gasteiger partial charge in [-0.1, -0.05) is 0 Å². The molecule has 0 unspecified atom stereocenters. The van der Waals surface area contributed by atoms with Crippen LogP contribution in [0.3, 0.4) is 0 Å². The summed E-state index contributed by atoms with van der Waals surface area (Å²) >= 11 is 0. The van der Waals surface area contributed by atoms with Crippen LogP contribution in [0.15, 0.2) is 16.7 Å². The number of likely N-dealkylation sites (tertiary alicyclic amines) is 1. The minimum Gasteiger partial charge on any atom is -0.469 e. The molecule has 132 valence electrons. The molecule has 1 aromatic heterocycles. The van der Waals surface area contributed by atoms with Crippen molar-refractivity contribution in [3.63, 3.8) is 0 Å². The molecule has 1 spiro atoms. The highest BCUT2D eigenvalue weighted by Gasteiger charge is 2.62. The van der Waals surface area contributed by atoms with Crippen LogP contribution in [0.4, 0.5) is 0 Å². The maximum atomic E-state index is 12.6. The number of carbonyl (C=O) groups is 1. The largest absolute Gasteiger partial charge is 0.469 e. The lowest BCUT2D eigenvalue weighted by Gasteiger charge is -2.49. The van der Waals surface area contributed by atoms with Gasteiger partial charge in [-0.05, 0) is 38.2 Å². The molecule has 3 aliphatic rings. The maximum absolute atomic E-state index is 12.6. The standard InChI is InChI=1S/C17H23NO5S/c1-12-15(4-6-23-12)16(19)18-10-17(11-18)14(5-7-24(17,20)21)9-22-8-13-2-3-13/h4,6,13-14H,2-3,5,7-11H2,1H3/t14-/m1/s1. The lowest BCUT2D eigenvalue weighted by Crippen LogP contribution is -2.68. The average molecular weight is 353 g/mol. The second kappa shape index (κ2) is 5.59. The van der Waals surface area contributed by atoms with E-state index in [1.165, 1.54) is 19.1 Å². The van der Waals surface area contributed by atoms with E-state index in [0.29, 0.717) is 30.3 Å². The average Bonchev–Trinajstić information content (AvgIpc) is 3.14. The van der Waals surface area contributed by atoms with Gasteiger partial charge in [0.2, 0.25) is 0 Å². The van der Waals surface area contributed by atoms with Crippen molar-refractivity contribution in [1.82, 2.24) is 4.90 Å². The van der Waals surface area contributed by atoms with Crippen molar-refractivity contribution in [3.8, 4) is 0 Å². The molecular formula is C17H23NO5S. The van der Waals surface area contributed by atoms with Crippen molar-refractivity contribution in [1.29, 1.82) is 0 Å². The minimum atomic E-state index is -3.18. The fraction of sp³-hybridized carbons (Fsp3) is 0.706. The van der Waals surface area contributed by atoms with Crippen molar-refractivity contribution in [3.05, 3.63) is 23.7 Å². The minimum absolute atomic E-state index is 0.00394. The van der Waals surface area contributed by atoms with Gasteiger partial charge in [0.05, 0.1) is 24.2 Å². The molecule has 0 aromatic carbocycles. The van der Waals surface area contributed by atoms with E-state index in [2.05, 4.69) is 0 Å². The topological polar surface area (TPSA) is 76.8 Å². The monoisotopic (exact) mass is 353 g/mol. The fourth-order valence-corrected chi connectivity index (χ4v) is 6.29. The molecule has 3 heterocycles. The zero-order chi connectivity index (χ0) is 16.9. The Balaban J connectivity index is 1.44. The van der Waals surface area contributed by atoms with E-state index >= 15 is 0 Å². The highest BCUT2D eigenvalue weighted by Crippen LogP contribution is 2.45. The van der Waals surface area contributed by atoms with Crippen molar-refractivity contribution in [2.45, 2.75) is 30.9 Å². The molecule has 1 saturated carbocycles. The number of hydrogen-bond donors (Lipinski definition) is 0. The molecule has 2 saturated heterocycles. The van der Waals surface area contributed by atoms with Crippen LogP contribution in [0.2, 0.25) is 0 Å². The number of nitrogens with zero attached hydrogens (tertiary/aromatic N) is 1. The van der Waals surface area contributed by atoms with Crippen LogP contribution in [0, 0.1) is 18.8 Å². The summed E-state index contributed by atoms with van der Waals surface area (Å²) in [5.74, 6) is 1.29. The summed E-state index contributed by atoms with van der Waals surface area (Å²) in [6.45, 7) is 3.52. The molecule has 0 bridgehead atoms. The Morgan fingerprint density at radius 3 is 2.71 bits per heavy atom. The van der Waals surface area contributed by atoms with E-state index in [-0.39, 0.29) is 30.7 Å². The first-order valence-electron chi connectivity index (χ1n) is 8.56. The van der Waals surface area contributed by atoms with Crippen LogP contribution in [0.5, 0.6) is 0 Å². The number of amides is 1. The zero-order valence-corrected chi connectivity index (χ0v) is 14.7. The van der Waals surface area contributed by atoms with Crippen LogP contribution in [-0.2, 0) is 14.6 Å². The Hall–Kier alpha value is -1.34. The number of ether oxygens (including phenoxy) is 1. The predicted molar refractivity (Wildman–Crippen MR) is 87.5 cm³/mol. The van der Waals surface area contributed by atoms with Gasteiger partial charge in [0.15, 0.2) is 9.84 Å². The molecule has 1 atom stereocenters. The summed E-state index contributed by atoms with van der Waals surface area (Å²) in [5, 5.41) is 0. The van der Waals surface area contributed by atoms with E-state index < -0.39 is 14.6 Å². The van der Waals surface area contributed by atoms with Crippen LogP contribution < -0.4 is 0 Å². The normalized spacial score (nSPS) is 27.4.